The summed E-state index contributed by atoms with van der Waals surface area (Å²) in [4.78, 5) is 6.06. The monoisotopic (exact) mass is 344 g/mol. The minimum absolute atomic E-state index is 0.688. The summed E-state index contributed by atoms with van der Waals surface area (Å²) in [5.74, 6) is 2.70. The van der Waals surface area contributed by atoms with E-state index in [9.17, 15) is 0 Å². The summed E-state index contributed by atoms with van der Waals surface area (Å²) in [7, 11) is 0. The molecule has 4 heteroatoms. The van der Waals surface area contributed by atoms with Crippen molar-refractivity contribution in [2.75, 3.05) is 0 Å². The SMILES string of the molecule is CC(C)CCn1c(CSc2ccc(Cl)cc2)nc2ccccc21. The van der Waals surface area contributed by atoms with Crippen LogP contribution in [-0.2, 0) is 12.3 Å². The van der Waals surface area contributed by atoms with Gasteiger partial charge in [0.25, 0.3) is 0 Å². The van der Waals surface area contributed by atoms with Gasteiger partial charge in [0.15, 0.2) is 0 Å². The smallest absolute Gasteiger partial charge is 0.120 e. The number of benzene rings is 2. The maximum Gasteiger partial charge on any atom is 0.120 e. The average molecular weight is 345 g/mol. The van der Waals surface area contributed by atoms with Crippen molar-refractivity contribution < 1.29 is 0 Å². The highest BCUT2D eigenvalue weighted by molar-refractivity contribution is 7.98. The van der Waals surface area contributed by atoms with Gasteiger partial charge in [-0.05, 0) is 48.7 Å². The topological polar surface area (TPSA) is 17.8 Å². The van der Waals surface area contributed by atoms with Gasteiger partial charge in [0.1, 0.15) is 5.82 Å². The molecule has 23 heavy (non-hydrogen) atoms. The molecular formula is C19H21ClN2S. The third-order valence-corrected chi connectivity index (χ3v) is 5.11. The van der Waals surface area contributed by atoms with E-state index in [4.69, 9.17) is 16.6 Å². The number of hydrogen-bond acceptors (Lipinski definition) is 2. The van der Waals surface area contributed by atoms with E-state index >= 15 is 0 Å². The fourth-order valence-electron chi connectivity index (χ4n) is 2.55. The van der Waals surface area contributed by atoms with Crippen molar-refractivity contribution in [2.24, 2.45) is 5.92 Å². The first-order chi connectivity index (χ1) is 11.1. The van der Waals surface area contributed by atoms with Crippen molar-refractivity contribution in [3.63, 3.8) is 0 Å². The van der Waals surface area contributed by atoms with Gasteiger partial charge in [-0.15, -0.1) is 11.8 Å². The molecule has 3 aromatic rings. The molecule has 2 aromatic carbocycles. The predicted molar refractivity (Wildman–Crippen MR) is 100 cm³/mol. The average Bonchev–Trinajstić information content (AvgIpc) is 2.90. The summed E-state index contributed by atoms with van der Waals surface area (Å²) in [5.41, 5.74) is 2.32. The van der Waals surface area contributed by atoms with Crippen LogP contribution < -0.4 is 0 Å². The van der Waals surface area contributed by atoms with Crippen LogP contribution in [-0.4, -0.2) is 9.55 Å². The van der Waals surface area contributed by atoms with Crippen LogP contribution in [0.15, 0.2) is 53.4 Å². The number of aromatic nitrogens is 2. The van der Waals surface area contributed by atoms with Crippen molar-refractivity contribution in [2.45, 2.75) is 37.5 Å². The summed E-state index contributed by atoms with van der Waals surface area (Å²) >= 11 is 7.76. The fourth-order valence-corrected chi connectivity index (χ4v) is 3.52. The second-order valence-electron chi connectivity index (χ2n) is 6.09. The number of rotatable bonds is 6. The molecular weight excluding hydrogens is 324 g/mol. The Morgan fingerprint density at radius 2 is 1.83 bits per heavy atom. The quantitative estimate of drug-likeness (QED) is 0.508. The van der Waals surface area contributed by atoms with Crippen LogP contribution in [0.3, 0.4) is 0 Å². The van der Waals surface area contributed by atoms with Gasteiger partial charge in [0, 0.05) is 16.5 Å². The lowest BCUT2D eigenvalue weighted by Gasteiger charge is -2.11. The van der Waals surface area contributed by atoms with Crippen molar-refractivity contribution in [3.8, 4) is 0 Å². The number of thioether (sulfide) groups is 1. The molecule has 0 fully saturated rings. The first kappa shape index (κ1) is 16.4. The standard InChI is InChI=1S/C19H21ClN2S/c1-14(2)11-12-22-18-6-4-3-5-17(18)21-19(22)13-23-16-9-7-15(20)8-10-16/h3-10,14H,11-13H2,1-2H3. The van der Waals surface area contributed by atoms with Crippen LogP contribution in [0.4, 0.5) is 0 Å². The van der Waals surface area contributed by atoms with Gasteiger partial charge < -0.3 is 4.57 Å². The van der Waals surface area contributed by atoms with Crippen molar-refractivity contribution in [3.05, 3.63) is 59.4 Å². The van der Waals surface area contributed by atoms with Crippen LogP contribution in [0.25, 0.3) is 11.0 Å². The van der Waals surface area contributed by atoms with Crippen LogP contribution >= 0.6 is 23.4 Å². The molecule has 0 saturated heterocycles. The first-order valence-electron chi connectivity index (χ1n) is 7.96. The first-order valence-corrected chi connectivity index (χ1v) is 9.32. The van der Waals surface area contributed by atoms with Gasteiger partial charge in [-0.2, -0.15) is 0 Å². The summed E-state index contributed by atoms with van der Waals surface area (Å²) in [6.45, 7) is 5.55. The third kappa shape index (κ3) is 4.10. The molecule has 0 atom stereocenters. The molecule has 0 bridgehead atoms. The normalized spacial score (nSPS) is 11.5. The van der Waals surface area contributed by atoms with Gasteiger partial charge in [0.2, 0.25) is 0 Å². The Balaban J connectivity index is 1.83. The minimum Gasteiger partial charge on any atom is -0.327 e. The van der Waals surface area contributed by atoms with Crippen LogP contribution in [0.5, 0.6) is 0 Å². The highest BCUT2D eigenvalue weighted by atomic mass is 35.5. The lowest BCUT2D eigenvalue weighted by atomic mass is 10.1. The number of aryl methyl sites for hydroxylation is 1. The van der Waals surface area contributed by atoms with Gasteiger partial charge in [-0.25, -0.2) is 4.98 Å². The maximum absolute atomic E-state index is 5.95. The summed E-state index contributed by atoms with van der Waals surface area (Å²) < 4.78 is 2.37. The van der Waals surface area contributed by atoms with Crippen molar-refractivity contribution >= 4 is 34.4 Å². The fraction of sp³-hybridized carbons (Fsp3) is 0.316. The Morgan fingerprint density at radius 1 is 1.09 bits per heavy atom. The van der Waals surface area contributed by atoms with Crippen molar-refractivity contribution in [1.29, 1.82) is 0 Å². The Bertz CT molecular complexity index is 778. The lowest BCUT2D eigenvalue weighted by Crippen LogP contribution is -2.05. The molecule has 0 aliphatic rings. The predicted octanol–water partition coefficient (Wildman–Crippen LogP) is 6.03. The van der Waals surface area contributed by atoms with Crippen LogP contribution in [0.2, 0.25) is 5.02 Å². The Kier molecular flexibility index (Phi) is 5.29. The number of para-hydroxylation sites is 2. The van der Waals surface area contributed by atoms with Crippen LogP contribution in [0.1, 0.15) is 26.1 Å². The zero-order valence-electron chi connectivity index (χ0n) is 13.5. The van der Waals surface area contributed by atoms with Gasteiger partial charge in [-0.1, -0.05) is 37.6 Å². The molecule has 120 valence electrons. The zero-order valence-corrected chi connectivity index (χ0v) is 15.1. The van der Waals surface area contributed by atoms with E-state index in [0.717, 1.165) is 28.7 Å². The molecule has 0 unspecified atom stereocenters. The van der Waals surface area contributed by atoms with E-state index < -0.39 is 0 Å². The summed E-state index contributed by atoms with van der Waals surface area (Å²) in [6.07, 6.45) is 1.17. The molecule has 1 aromatic heterocycles. The Hall–Kier alpha value is -1.45. The summed E-state index contributed by atoms with van der Waals surface area (Å²) in [6, 6.07) is 16.4. The Labute approximate surface area is 146 Å². The highest BCUT2D eigenvalue weighted by Crippen LogP contribution is 2.26. The molecule has 3 rings (SSSR count). The molecule has 0 saturated carbocycles. The molecule has 0 spiro atoms. The van der Waals surface area contributed by atoms with Crippen LogP contribution in [0, 0.1) is 5.92 Å². The number of imidazole rings is 1. The number of hydrogen-bond donors (Lipinski definition) is 0. The molecule has 2 nitrogen and oxygen atoms in total. The maximum atomic E-state index is 5.95. The summed E-state index contributed by atoms with van der Waals surface area (Å²) in [5, 5.41) is 0.776. The van der Waals surface area contributed by atoms with Gasteiger partial charge in [0.05, 0.1) is 16.8 Å². The molecule has 0 aliphatic heterocycles. The molecule has 1 heterocycles. The number of nitrogens with zero attached hydrogens (tertiary/aromatic N) is 2. The van der Waals surface area contributed by atoms with E-state index in [1.807, 2.05) is 12.1 Å². The van der Waals surface area contributed by atoms with E-state index in [0.29, 0.717) is 5.92 Å². The third-order valence-electron chi connectivity index (χ3n) is 3.85. The molecule has 0 N–H and O–H groups in total. The van der Waals surface area contributed by atoms with E-state index in [2.05, 4.69) is 54.8 Å². The second-order valence-corrected chi connectivity index (χ2v) is 7.58. The van der Waals surface area contributed by atoms with E-state index in [1.165, 1.54) is 16.8 Å². The minimum atomic E-state index is 0.688. The number of fused-ring (bicyclic) bond motifs is 1. The largest absolute Gasteiger partial charge is 0.327 e. The Morgan fingerprint density at radius 3 is 2.57 bits per heavy atom. The molecule has 0 radical (unpaired) electrons. The molecule has 0 aliphatic carbocycles. The second kappa shape index (κ2) is 7.41. The molecule has 0 amide bonds. The number of halogens is 1. The highest BCUT2D eigenvalue weighted by Gasteiger charge is 2.11. The van der Waals surface area contributed by atoms with E-state index in [-0.39, 0.29) is 0 Å². The zero-order chi connectivity index (χ0) is 16.2. The lowest BCUT2D eigenvalue weighted by molar-refractivity contribution is 0.516. The van der Waals surface area contributed by atoms with E-state index in [1.54, 1.807) is 11.8 Å². The van der Waals surface area contributed by atoms with Crippen molar-refractivity contribution in [1.82, 2.24) is 9.55 Å². The van der Waals surface area contributed by atoms with Gasteiger partial charge >= 0.3 is 0 Å². The van der Waals surface area contributed by atoms with Gasteiger partial charge in [-0.3, -0.25) is 0 Å².